The topological polar surface area (TPSA) is 77.8 Å². The van der Waals surface area contributed by atoms with Crippen molar-refractivity contribution in [2.24, 2.45) is 0 Å². The lowest BCUT2D eigenvalue weighted by atomic mass is 10.2. The van der Waals surface area contributed by atoms with Crippen molar-refractivity contribution in [3.63, 3.8) is 0 Å². The predicted molar refractivity (Wildman–Crippen MR) is 76.0 cm³/mol. The van der Waals surface area contributed by atoms with Crippen molar-refractivity contribution in [3.8, 4) is 11.5 Å². The highest BCUT2D eigenvalue weighted by Crippen LogP contribution is 2.26. The second kappa shape index (κ2) is 5.76. The summed E-state index contributed by atoms with van der Waals surface area (Å²) in [5, 5.41) is 12.2. The van der Waals surface area contributed by atoms with E-state index < -0.39 is 0 Å². The van der Waals surface area contributed by atoms with Crippen molar-refractivity contribution in [3.05, 3.63) is 40.5 Å². The second-order valence-electron chi connectivity index (χ2n) is 3.90. The summed E-state index contributed by atoms with van der Waals surface area (Å²) in [5.74, 6) is 2.14. The maximum Gasteiger partial charge on any atom is 0.277 e. The Morgan fingerprint density at radius 2 is 2.00 bits per heavy atom. The molecule has 0 saturated carbocycles. The van der Waals surface area contributed by atoms with E-state index in [0.717, 1.165) is 10.0 Å². The summed E-state index contributed by atoms with van der Waals surface area (Å²) in [5.41, 5.74) is 0.876. The molecule has 3 rings (SSSR count). The van der Waals surface area contributed by atoms with Crippen LogP contribution in [0.5, 0.6) is 0 Å². The van der Waals surface area contributed by atoms with Crippen molar-refractivity contribution < 1.29 is 8.94 Å². The van der Waals surface area contributed by atoms with Gasteiger partial charge in [0, 0.05) is 10.0 Å². The molecule has 0 aliphatic rings. The van der Waals surface area contributed by atoms with Crippen molar-refractivity contribution in [2.45, 2.75) is 17.9 Å². The van der Waals surface area contributed by atoms with Gasteiger partial charge < -0.3 is 8.94 Å². The zero-order valence-corrected chi connectivity index (χ0v) is 12.8. The maximum absolute atomic E-state index is 5.57. The van der Waals surface area contributed by atoms with Crippen molar-refractivity contribution in [1.29, 1.82) is 0 Å². The second-order valence-corrected chi connectivity index (χ2v) is 5.75. The minimum atomic E-state index is 0.471. The van der Waals surface area contributed by atoms with Crippen LogP contribution in [-0.2, 0) is 5.75 Å². The highest BCUT2D eigenvalue weighted by molar-refractivity contribution is 9.10. The number of aromatic nitrogens is 4. The van der Waals surface area contributed by atoms with Crippen LogP contribution in [0.15, 0.2) is 42.9 Å². The molecule has 102 valence electrons. The molecule has 1 aromatic carbocycles. The Hall–Kier alpha value is -1.67. The van der Waals surface area contributed by atoms with E-state index in [9.17, 15) is 0 Å². The van der Waals surface area contributed by atoms with E-state index in [0.29, 0.717) is 28.6 Å². The molecular weight excluding hydrogens is 344 g/mol. The predicted octanol–water partition coefficient (Wildman–Crippen LogP) is 3.48. The van der Waals surface area contributed by atoms with E-state index in [1.165, 1.54) is 11.8 Å². The summed E-state index contributed by atoms with van der Waals surface area (Å²) in [4.78, 5) is 4.11. The molecule has 0 unspecified atom stereocenters. The third kappa shape index (κ3) is 3.07. The smallest absolute Gasteiger partial charge is 0.277 e. The van der Waals surface area contributed by atoms with Crippen LogP contribution in [0.2, 0.25) is 0 Å². The molecule has 0 spiro atoms. The zero-order chi connectivity index (χ0) is 13.9. The van der Waals surface area contributed by atoms with Gasteiger partial charge in [-0.25, -0.2) is 0 Å². The van der Waals surface area contributed by atoms with Crippen molar-refractivity contribution in [2.75, 3.05) is 0 Å². The van der Waals surface area contributed by atoms with Crippen molar-refractivity contribution >= 4 is 27.7 Å². The van der Waals surface area contributed by atoms with Crippen LogP contribution in [-0.4, -0.2) is 20.3 Å². The Kier molecular flexibility index (Phi) is 3.83. The SMILES string of the molecule is Cc1noc(CSc2nnc(-c3ccc(Br)cc3)o2)n1. The minimum Gasteiger partial charge on any atom is -0.411 e. The van der Waals surface area contributed by atoms with E-state index in [4.69, 9.17) is 8.94 Å². The molecule has 0 N–H and O–H groups in total. The molecule has 0 amide bonds. The van der Waals surface area contributed by atoms with E-state index in [2.05, 4.69) is 36.3 Å². The molecule has 0 saturated heterocycles. The molecule has 2 heterocycles. The minimum absolute atomic E-state index is 0.471. The van der Waals surface area contributed by atoms with Crippen LogP contribution in [0.3, 0.4) is 0 Å². The Bertz CT molecular complexity index is 710. The zero-order valence-electron chi connectivity index (χ0n) is 10.4. The van der Waals surface area contributed by atoms with Gasteiger partial charge in [-0.1, -0.05) is 32.8 Å². The molecule has 0 aliphatic heterocycles. The van der Waals surface area contributed by atoms with E-state index in [-0.39, 0.29) is 0 Å². The van der Waals surface area contributed by atoms with Gasteiger partial charge in [0.25, 0.3) is 5.22 Å². The Morgan fingerprint density at radius 1 is 1.20 bits per heavy atom. The number of thioether (sulfide) groups is 1. The van der Waals surface area contributed by atoms with Gasteiger partial charge in [-0.3, -0.25) is 0 Å². The number of aryl methyl sites for hydroxylation is 1. The number of benzene rings is 1. The largest absolute Gasteiger partial charge is 0.411 e. The van der Waals surface area contributed by atoms with Crippen molar-refractivity contribution in [1.82, 2.24) is 20.3 Å². The lowest BCUT2D eigenvalue weighted by Gasteiger charge is -1.94. The molecule has 20 heavy (non-hydrogen) atoms. The van der Waals surface area contributed by atoms with Gasteiger partial charge in [-0.2, -0.15) is 4.98 Å². The molecule has 8 heteroatoms. The summed E-state index contributed by atoms with van der Waals surface area (Å²) in [6, 6.07) is 7.67. The summed E-state index contributed by atoms with van der Waals surface area (Å²) < 4.78 is 11.6. The fourth-order valence-corrected chi connectivity index (χ4v) is 2.36. The number of hydrogen-bond acceptors (Lipinski definition) is 7. The molecule has 0 fully saturated rings. The van der Waals surface area contributed by atoms with Gasteiger partial charge in [-0.15, -0.1) is 10.2 Å². The monoisotopic (exact) mass is 352 g/mol. The first kappa shape index (κ1) is 13.3. The summed E-state index contributed by atoms with van der Waals surface area (Å²) in [6.07, 6.45) is 0. The lowest BCUT2D eigenvalue weighted by Crippen LogP contribution is -1.80. The summed E-state index contributed by atoms with van der Waals surface area (Å²) in [6.45, 7) is 1.77. The average Bonchev–Trinajstić information content (AvgIpc) is 3.06. The fraction of sp³-hybridized carbons (Fsp3) is 0.167. The third-order valence-corrected chi connectivity index (χ3v) is 3.72. The highest BCUT2D eigenvalue weighted by atomic mass is 79.9. The van der Waals surface area contributed by atoms with Gasteiger partial charge in [0.15, 0.2) is 5.82 Å². The van der Waals surface area contributed by atoms with Crippen LogP contribution >= 0.6 is 27.7 Å². The van der Waals surface area contributed by atoms with Crippen LogP contribution < -0.4 is 0 Å². The normalized spacial score (nSPS) is 10.9. The van der Waals surface area contributed by atoms with Crippen LogP contribution in [0.4, 0.5) is 0 Å². The lowest BCUT2D eigenvalue weighted by molar-refractivity contribution is 0.386. The molecular formula is C12H9BrN4O2S. The molecule has 0 radical (unpaired) electrons. The number of halogens is 1. The maximum atomic E-state index is 5.57. The quantitative estimate of drug-likeness (QED) is 0.665. The molecule has 0 aliphatic carbocycles. The number of hydrogen-bond donors (Lipinski definition) is 0. The third-order valence-electron chi connectivity index (χ3n) is 2.39. The Morgan fingerprint density at radius 3 is 2.70 bits per heavy atom. The van der Waals surface area contributed by atoms with Crippen LogP contribution in [0, 0.1) is 6.92 Å². The Balaban J connectivity index is 1.69. The van der Waals surface area contributed by atoms with Gasteiger partial charge in [0.1, 0.15) is 0 Å². The van der Waals surface area contributed by atoms with E-state index >= 15 is 0 Å². The van der Waals surface area contributed by atoms with Gasteiger partial charge in [-0.05, 0) is 31.2 Å². The first-order valence-corrected chi connectivity index (χ1v) is 7.50. The fourth-order valence-electron chi connectivity index (χ4n) is 1.50. The van der Waals surface area contributed by atoms with Crippen LogP contribution in [0.1, 0.15) is 11.7 Å². The van der Waals surface area contributed by atoms with Crippen LogP contribution in [0.25, 0.3) is 11.5 Å². The first-order valence-electron chi connectivity index (χ1n) is 5.72. The van der Waals surface area contributed by atoms with Gasteiger partial charge >= 0.3 is 0 Å². The number of rotatable bonds is 4. The summed E-state index contributed by atoms with van der Waals surface area (Å²) >= 11 is 4.74. The van der Waals surface area contributed by atoms with E-state index in [1.54, 1.807) is 6.92 Å². The molecule has 0 bridgehead atoms. The molecule has 6 nitrogen and oxygen atoms in total. The highest BCUT2D eigenvalue weighted by Gasteiger charge is 2.11. The van der Waals surface area contributed by atoms with E-state index in [1.807, 2.05) is 24.3 Å². The average molecular weight is 353 g/mol. The summed E-state index contributed by atoms with van der Waals surface area (Å²) in [7, 11) is 0. The molecule has 3 aromatic rings. The first-order chi connectivity index (χ1) is 9.70. The molecule has 0 atom stereocenters. The number of nitrogens with zero attached hydrogens (tertiary/aromatic N) is 4. The standard InChI is InChI=1S/C12H9BrN4O2S/c1-7-14-10(19-17-7)6-20-12-16-15-11(18-12)8-2-4-9(13)5-3-8/h2-5H,6H2,1H3. The Labute approximate surface area is 127 Å². The van der Waals surface area contributed by atoms with Gasteiger partial charge in [0.2, 0.25) is 11.8 Å². The molecule has 2 aromatic heterocycles. The van der Waals surface area contributed by atoms with Gasteiger partial charge in [0.05, 0.1) is 5.75 Å².